The second kappa shape index (κ2) is 5.58. The maximum absolute atomic E-state index is 12.5. The lowest BCUT2D eigenvalue weighted by molar-refractivity contribution is -0.117. The van der Waals surface area contributed by atoms with Gasteiger partial charge in [-0.25, -0.2) is 0 Å². The third-order valence-corrected chi connectivity index (χ3v) is 4.38. The van der Waals surface area contributed by atoms with Crippen LogP contribution in [0.5, 0.6) is 0 Å². The van der Waals surface area contributed by atoms with Gasteiger partial charge in [-0.2, -0.15) is 0 Å². The molecule has 0 saturated heterocycles. The summed E-state index contributed by atoms with van der Waals surface area (Å²) in [6, 6.07) is 11.0. The van der Waals surface area contributed by atoms with Crippen LogP contribution in [0.15, 0.2) is 36.4 Å². The van der Waals surface area contributed by atoms with Crippen molar-refractivity contribution in [2.45, 2.75) is 12.8 Å². The number of hydrogen-bond acceptors (Lipinski definition) is 2. The molecule has 1 aliphatic rings. The lowest BCUT2D eigenvalue weighted by Gasteiger charge is -2.18. The Morgan fingerprint density at radius 3 is 2.71 bits per heavy atom. The fourth-order valence-electron chi connectivity index (χ4n) is 2.57. The predicted molar refractivity (Wildman–Crippen MR) is 87.1 cm³/mol. The van der Waals surface area contributed by atoms with Crippen molar-refractivity contribution < 1.29 is 4.79 Å². The molecule has 0 bridgehead atoms. The van der Waals surface area contributed by atoms with Crippen molar-refractivity contribution in [3.8, 4) is 0 Å². The van der Waals surface area contributed by atoms with E-state index in [0.717, 1.165) is 23.2 Å². The summed E-state index contributed by atoms with van der Waals surface area (Å²) in [7, 11) is 0. The Morgan fingerprint density at radius 2 is 1.95 bits per heavy atom. The average molecular weight is 321 g/mol. The summed E-state index contributed by atoms with van der Waals surface area (Å²) in [6.45, 7) is 0.693. The SMILES string of the molecule is Nc1ccc2c(c1)N(C(=O)Cc1ccc(Cl)c(Cl)c1)CC2. The van der Waals surface area contributed by atoms with E-state index in [9.17, 15) is 4.79 Å². The van der Waals surface area contributed by atoms with Crippen LogP contribution in [-0.4, -0.2) is 12.5 Å². The molecule has 2 aromatic rings. The zero-order valence-corrected chi connectivity index (χ0v) is 12.8. The van der Waals surface area contributed by atoms with E-state index in [1.165, 1.54) is 0 Å². The minimum Gasteiger partial charge on any atom is -0.399 e. The molecule has 1 aliphatic heterocycles. The standard InChI is InChI=1S/C16H14Cl2N2O/c17-13-4-1-10(7-14(13)18)8-16(21)20-6-5-11-2-3-12(19)9-15(11)20/h1-4,7,9H,5-6,8,19H2. The number of fused-ring (bicyclic) bond motifs is 1. The number of halogens is 2. The molecule has 0 atom stereocenters. The van der Waals surface area contributed by atoms with Crippen LogP contribution in [0.25, 0.3) is 0 Å². The van der Waals surface area contributed by atoms with Gasteiger partial charge in [0, 0.05) is 17.9 Å². The van der Waals surface area contributed by atoms with Crippen molar-refractivity contribution in [3.63, 3.8) is 0 Å². The molecule has 3 nitrogen and oxygen atoms in total. The van der Waals surface area contributed by atoms with Crippen molar-refractivity contribution in [1.82, 2.24) is 0 Å². The molecule has 0 saturated carbocycles. The highest BCUT2D eigenvalue weighted by Gasteiger charge is 2.24. The summed E-state index contributed by atoms with van der Waals surface area (Å²) in [5.74, 6) is 0.0396. The third kappa shape index (κ3) is 2.85. The summed E-state index contributed by atoms with van der Waals surface area (Å²) in [5.41, 5.74) is 9.41. The number of rotatable bonds is 2. The van der Waals surface area contributed by atoms with E-state index in [1.54, 1.807) is 17.0 Å². The highest BCUT2D eigenvalue weighted by atomic mass is 35.5. The van der Waals surface area contributed by atoms with E-state index >= 15 is 0 Å². The fraction of sp³-hybridized carbons (Fsp3) is 0.188. The van der Waals surface area contributed by atoms with Gasteiger partial charge in [0.2, 0.25) is 5.91 Å². The Hall–Kier alpha value is -1.71. The van der Waals surface area contributed by atoms with Gasteiger partial charge in [0.15, 0.2) is 0 Å². The zero-order chi connectivity index (χ0) is 15.0. The maximum atomic E-state index is 12.5. The number of amides is 1. The lowest BCUT2D eigenvalue weighted by Crippen LogP contribution is -2.30. The minimum atomic E-state index is 0.0396. The van der Waals surface area contributed by atoms with Gasteiger partial charge in [-0.15, -0.1) is 0 Å². The summed E-state index contributed by atoms with van der Waals surface area (Å²) < 4.78 is 0. The van der Waals surface area contributed by atoms with Crippen LogP contribution in [0.3, 0.4) is 0 Å². The smallest absolute Gasteiger partial charge is 0.231 e. The number of hydrogen-bond donors (Lipinski definition) is 1. The fourth-order valence-corrected chi connectivity index (χ4v) is 2.90. The van der Waals surface area contributed by atoms with Crippen LogP contribution in [-0.2, 0) is 17.6 Å². The van der Waals surface area contributed by atoms with E-state index in [0.29, 0.717) is 28.7 Å². The highest BCUT2D eigenvalue weighted by molar-refractivity contribution is 6.42. The Morgan fingerprint density at radius 1 is 1.14 bits per heavy atom. The molecule has 0 spiro atoms. The van der Waals surface area contributed by atoms with E-state index in [1.807, 2.05) is 24.3 Å². The maximum Gasteiger partial charge on any atom is 0.231 e. The molecule has 0 radical (unpaired) electrons. The normalized spacial score (nSPS) is 13.3. The van der Waals surface area contributed by atoms with Gasteiger partial charge in [-0.05, 0) is 41.8 Å². The summed E-state index contributed by atoms with van der Waals surface area (Å²) in [5, 5.41) is 0.959. The number of nitrogens with two attached hydrogens (primary N) is 1. The highest BCUT2D eigenvalue weighted by Crippen LogP contribution is 2.31. The molecule has 0 unspecified atom stereocenters. The molecule has 2 N–H and O–H groups in total. The van der Waals surface area contributed by atoms with Crippen molar-refractivity contribution in [3.05, 3.63) is 57.6 Å². The van der Waals surface area contributed by atoms with Gasteiger partial charge in [0.05, 0.1) is 16.5 Å². The Balaban J connectivity index is 1.81. The van der Waals surface area contributed by atoms with Crippen LogP contribution in [0, 0.1) is 0 Å². The molecule has 3 rings (SSSR count). The number of carbonyl (C=O) groups excluding carboxylic acids is 1. The topological polar surface area (TPSA) is 46.3 Å². The summed E-state index contributed by atoms with van der Waals surface area (Å²) >= 11 is 11.9. The number of nitrogen functional groups attached to an aromatic ring is 1. The monoisotopic (exact) mass is 320 g/mol. The predicted octanol–water partition coefficient (Wildman–Crippen LogP) is 3.71. The van der Waals surface area contributed by atoms with E-state index in [4.69, 9.17) is 28.9 Å². The van der Waals surface area contributed by atoms with E-state index < -0.39 is 0 Å². The molecule has 5 heteroatoms. The third-order valence-electron chi connectivity index (χ3n) is 3.65. The van der Waals surface area contributed by atoms with Crippen molar-refractivity contribution in [2.24, 2.45) is 0 Å². The Kier molecular flexibility index (Phi) is 3.79. The molecule has 1 amide bonds. The number of nitrogens with zero attached hydrogens (tertiary/aromatic N) is 1. The van der Waals surface area contributed by atoms with Gasteiger partial charge in [-0.3, -0.25) is 4.79 Å². The molecule has 1 heterocycles. The van der Waals surface area contributed by atoms with Crippen molar-refractivity contribution in [2.75, 3.05) is 17.2 Å². The summed E-state index contributed by atoms with van der Waals surface area (Å²) in [6.07, 6.45) is 1.16. The summed E-state index contributed by atoms with van der Waals surface area (Å²) in [4.78, 5) is 14.3. The lowest BCUT2D eigenvalue weighted by atomic mass is 10.1. The van der Waals surface area contributed by atoms with Gasteiger partial charge < -0.3 is 10.6 Å². The van der Waals surface area contributed by atoms with Gasteiger partial charge >= 0.3 is 0 Å². The van der Waals surface area contributed by atoms with E-state index in [2.05, 4.69) is 0 Å². The molecule has 0 aliphatic carbocycles. The Labute approximate surface area is 133 Å². The first kappa shape index (κ1) is 14.2. The van der Waals surface area contributed by atoms with Crippen LogP contribution in [0.2, 0.25) is 10.0 Å². The average Bonchev–Trinajstić information content (AvgIpc) is 2.86. The first-order valence-corrected chi connectivity index (χ1v) is 7.43. The molecular weight excluding hydrogens is 307 g/mol. The van der Waals surface area contributed by atoms with E-state index in [-0.39, 0.29) is 5.91 Å². The molecule has 0 fully saturated rings. The van der Waals surface area contributed by atoms with Crippen LogP contribution in [0.4, 0.5) is 11.4 Å². The number of carbonyl (C=O) groups is 1. The number of benzene rings is 2. The van der Waals surface area contributed by atoms with Crippen LogP contribution in [0.1, 0.15) is 11.1 Å². The van der Waals surface area contributed by atoms with Crippen molar-refractivity contribution >= 4 is 40.5 Å². The van der Waals surface area contributed by atoms with Crippen LogP contribution < -0.4 is 10.6 Å². The quantitative estimate of drug-likeness (QED) is 0.857. The molecular formula is C16H14Cl2N2O. The second-order valence-electron chi connectivity index (χ2n) is 5.11. The first-order chi connectivity index (χ1) is 10.0. The second-order valence-corrected chi connectivity index (χ2v) is 5.92. The molecule has 21 heavy (non-hydrogen) atoms. The first-order valence-electron chi connectivity index (χ1n) is 6.67. The number of anilines is 2. The van der Waals surface area contributed by atoms with Gasteiger partial charge in [0.1, 0.15) is 0 Å². The van der Waals surface area contributed by atoms with Crippen LogP contribution >= 0.6 is 23.2 Å². The molecule has 108 valence electrons. The van der Waals surface area contributed by atoms with Gasteiger partial charge in [0.25, 0.3) is 0 Å². The molecule has 0 aromatic heterocycles. The molecule has 2 aromatic carbocycles. The minimum absolute atomic E-state index is 0.0396. The zero-order valence-electron chi connectivity index (χ0n) is 11.3. The Bertz CT molecular complexity index is 715. The van der Waals surface area contributed by atoms with Gasteiger partial charge in [-0.1, -0.05) is 35.3 Å². The largest absolute Gasteiger partial charge is 0.399 e. The van der Waals surface area contributed by atoms with Crippen molar-refractivity contribution in [1.29, 1.82) is 0 Å².